The number of hydrogen-bond acceptors (Lipinski definition) is 4. The maximum absolute atomic E-state index is 12.5. The number of anilines is 1. The Labute approximate surface area is 165 Å². The van der Waals surface area contributed by atoms with Gasteiger partial charge in [0, 0.05) is 38.4 Å². The van der Waals surface area contributed by atoms with Crippen molar-refractivity contribution in [2.75, 3.05) is 44.2 Å². The lowest BCUT2D eigenvalue weighted by Crippen LogP contribution is -2.53. The number of carbonyl (C=O) groups excluding carboxylic acids is 2. The van der Waals surface area contributed by atoms with E-state index >= 15 is 0 Å². The van der Waals surface area contributed by atoms with Crippen molar-refractivity contribution in [1.29, 1.82) is 0 Å². The molecule has 28 heavy (non-hydrogen) atoms. The van der Waals surface area contributed by atoms with Crippen LogP contribution in [0.4, 0.5) is 10.5 Å². The number of hydrogen-bond donors (Lipinski definition) is 1. The topological polar surface area (TPSA) is 91.5 Å². The third-order valence-corrected chi connectivity index (χ3v) is 4.82. The van der Waals surface area contributed by atoms with Crippen molar-refractivity contribution in [3.05, 3.63) is 29.8 Å². The van der Waals surface area contributed by atoms with Crippen LogP contribution in [-0.4, -0.2) is 72.6 Å². The largest absolute Gasteiger partial charge is 0.444 e. The molecule has 0 radical (unpaired) electrons. The van der Waals surface area contributed by atoms with Gasteiger partial charge in [-0.1, -0.05) is 18.2 Å². The van der Waals surface area contributed by atoms with Gasteiger partial charge in [0.25, 0.3) is 0 Å². The Morgan fingerprint density at radius 2 is 1.71 bits per heavy atom. The number of para-hydroxylation sites is 1. The molecule has 0 bridgehead atoms. The lowest BCUT2D eigenvalue weighted by atomic mass is 10.2. The van der Waals surface area contributed by atoms with Gasteiger partial charge in [0.05, 0.1) is 0 Å². The summed E-state index contributed by atoms with van der Waals surface area (Å²) in [5.41, 5.74) is 7.72. The van der Waals surface area contributed by atoms with Crippen molar-refractivity contribution in [2.24, 2.45) is 10.7 Å². The van der Waals surface area contributed by atoms with Crippen LogP contribution >= 0.6 is 0 Å². The molecular weight excluding hydrogens is 358 g/mol. The van der Waals surface area contributed by atoms with Gasteiger partial charge in [-0.25, -0.2) is 9.79 Å². The second-order valence-electron chi connectivity index (χ2n) is 8.05. The number of piperazine rings is 1. The summed E-state index contributed by atoms with van der Waals surface area (Å²) in [5, 5.41) is 0. The first-order valence-corrected chi connectivity index (χ1v) is 9.66. The van der Waals surface area contributed by atoms with E-state index in [0.717, 1.165) is 12.1 Å². The highest BCUT2D eigenvalue weighted by molar-refractivity contribution is 5.97. The molecule has 1 aromatic rings. The zero-order valence-corrected chi connectivity index (χ0v) is 16.9. The summed E-state index contributed by atoms with van der Waals surface area (Å²) >= 11 is 0. The fourth-order valence-corrected chi connectivity index (χ4v) is 3.38. The molecule has 2 aliphatic heterocycles. The van der Waals surface area contributed by atoms with E-state index in [9.17, 15) is 9.59 Å². The number of carbonyl (C=O) groups is 2. The average molecular weight is 387 g/mol. The second kappa shape index (κ2) is 8.08. The van der Waals surface area contributed by atoms with Crippen molar-refractivity contribution in [1.82, 2.24) is 9.80 Å². The molecule has 0 aliphatic carbocycles. The van der Waals surface area contributed by atoms with Gasteiger partial charge in [-0.2, -0.15) is 0 Å². The summed E-state index contributed by atoms with van der Waals surface area (Å²) < 4.78 is 5.39. The summed E-state index contributed by atoms with van der Waals surface area (Å²) in [6, 6.07) is 7.93. The van der Waals surface area contributed by atoms with E-state index in [2.05, 4.69) is 4.99 Å². The van der Waals surface area contributed by atoms with E-state index in [4.69, 9.17) is 10.5 Å². The van der Waals surface area contributed by atoms with Crippen molar-refractivity contribution in [3.63, 3.8) is 0 Å². The van der Waals surface area contributed by atoms with Crippen LogP contribution in [0.1, 0.15) is 26.3 Å². The molecule has 2 amide bonds. The van der Waals surface area contributed by atoms with E-state index in [1.807, 2.05) is 49.9 Å². The first-order chi connectivity index (χ1) is 13.2. The summed E-state index contributed by atoms with van der Waals surface area (Å²) in [6.45, 7) is 8.40. The van der Waals surface area contributed by atoms with Crippen molar-refractivity contribution in [2.45, 2.75) is 32.8 Å². The number of rotatable bonds is 2. The normalized spacial score (nSPS) is 17.5. The van der Waals surface area contributed by atoms with Gasteiger partial charge in [-0.3, -0.25) is 4.79 Å². The van der Waals surface area contributed by atoms with Gasteiger partial charge in [-0.05, 0) is 38.8 Å². The number of benzene rings is 1. The zero-order chi connectivity index (χ0) is 20.3. The summed E-state index contributed by atoms with van der Waals surface area (Å²) in [6.07, 6.45) is 0.554. The summed E-state index contributed by atoms with van der Waals surface area (Å²) in [7, 11) is 0. The van der Waals surface area contributed by atoms with E-state index in [0.29, 0.717) is 38.7 Å². The molecule has 0 saturated carbocycles. The summed E-state index contributed by atoms with van der Waals surface area (Å²) in [5.74, 6) is 0.282. The van der Waals surface area contributed by atoms with Gasteiger partial charge in [-0.15, -0.1) is 0 Å². The maximum Gasteiger partial charge on any atom is 0.410 e. The van der Waals surface area contributed by atoms with Gasteiger partial charge >= 0.3 is 6.09 Å². The first-order valence-electron chi connectivity index (χ1n) is 9.66. The van der Waals surface area contributed by atoms with Crippen LogP contribution in [0.25, 0.3) is 0 Å². The van der Waals surface area contributed by atoms with E-state index in [-0.39, 0.29) is 18.5 Å². The lowest BCUT2D eigenvalue weighted by molar-refractivity contribution is -0.117. The highest BCUT2D eigenvalue weighted by atomic mass is 16.6. The molecule has 0 atom stereocenters. The Bertz CT molecular complexity index is 763. The SMILES string of the molecule is CC(C)(C)OC(=O)N1CCN(C(N)=NCC(=O)N2CCc3ccccc32)CC1. The quantitative estimate of drug-likeness (QED) is 0.612. The van der Waals surface area contributed by atoms with Crippen LogP contribution < -0.4 is 10.6 Å². The minimum absolute atomic E-state index is 0.0203. The lowest BCUT2D eigenvalue weighted by Gasteiger charge is -2.36. The molecule has 2 heterocycles. The van der Waals surface area contributed by atoms with Crippen LogP contribution in [0.5, 0.6) is 0 Å². The predicted octanol–water partition coefficient (Wildman–Crippen LogP) is 1.44. The number of ether oxygens (including phenoxy) is 1. The molecule has 1 saturated heterocycles. The van der Waals surface area contributed by atoms with Crippen LogP contribution in [0.15, 0.2) is 29.3 Å². The van der Waals surface area contributed by atoms with Gasteiger partial charge < -0.3 is 25.2 Å². The number of amides is 2. The van der Waals surface area contributed by atoms with Crippen molar-refractivity contribution in [3.8, 4) is 0 Å². The molecule has 1 aromatic carbocycles. The van der Waals surface area contributed by atoms with E-state index < -0.39 is 5.60 Å². The highest BCUT2D eigenvalue weighted by Crippen LogP contribution is 2.27. The van der Waals surface area contributed by atoms with Crippen molar-refractivity contribution >= 4 is 23.6 Å². The molecule has 0 aromatic heterocycles. The Morgan fingerprint density at radius 3 is 2.39 bits per heavy atom. The Balaban J connectivity index is 1.50. The molecule has 8 heteroatoms. The Kier molecular flexibility index (Phi) is 5.76. The van der Waals surface area contributed by atoms with E-state index in [1.165, 1.54) is 5.56 Å². The number of fused-ring (bicyclic) bond motifs is 1. The molecular formula is C20H29N5O3. The van der Waals surface area contributed by atoms with Gasteiger partial charge in [0.15, 0.2) is 5.96 Å². The molecule has 0 unspecified atom stereocenters. The van der Waals surface area contributed by atoms with Crippen molar-refractivity contribution < 1.29 is 14.3 Å². The molecule has 152 valence electrons. The monoisotopic (exact) mass is 387 g/mol. The molecule has 1 fully saturated rings. The Hall–Kier alpha value is -2.77. The molecule has 2 N–H and O–H groups in total. The molecule has 2 aliphatic rings. The zero-order valence-electron chi connectivity index (χ0n) is 16.9. The fourth-order valence-electron chi connectivity index (χ4n) is 3.38. The first kappa shape index (κ1) is 20.0. The minimum atomic E-state index is -0.511. The number of aliphatic imine (C=N–C) groups is 1. The van der Waals surface area contributed by atoms with Crippen LogP contribution in [-0.2, 0) is 16.0 Å². The molecule has 8 nitrogen and oxygen atoms in total. The van der Waals surface area contributed by atoms with Crippen LogP contribution in [0.2, 0.25) is 0 Å². The minimum Gasteiger partial charge on any atom is -0.444 e. The average Bonchev–Trinajstić information content (AvgIpc) is 3.09. The predicted molar refractivity (Wildman–Crippen MR) is 108 cm³/mol. The number of guanidine groups is 1. The van der Waals surface area contributed by atoms with Gasteiger partial charge in [0.2, 0.25) is 5.91 Å². The number of nitrogens with zero attached hydrogens (tertiary/aromatic N) is 4. The fraction of sp³-hybridized carbons (Fsp3) is 0.550. The van der Waals surface area contributed by atoms with Crippen LogP contribution in [0.3, 0.4) is 0 Å². The third-order valence-electron chi connectivity index (χ3n) is 4.82. The second-order valence-corrected chi connectivity index (χ2v) is 8.05. The smallest absolute Gasteiger partial charge is 0.410 e. The maximum atomic E-state index is 12.5. The molecule has 0 spiro atoms. The standard InChI is InChI=1S/C20H29N5O3/c1-20(2,3)28-19(27)24-12-10-23(11-13-24)18(21)22-14-17(26)25-9-8-15-6-4-5-7-16(15)25/h4-7H,8-14H2,1-3H3,(H2,21,22). The summed E-state index contributed by atoms with van der Waals surface area (Å²) in [4.78, 5) is 34.3. The molecule has 3 rings (SSSR count). The highest BCUT2D eigenvalue weighted by Gasteiger charge is 2.27. The van der Waals surface area contributed by atoms with E-state index in [1.54, 1.807) is 9.80 Å². The van der Waals surface area contributed by atoms with Gasteiger partial charge in [0.1, 0.15) is 12.1 Å². The number of nitrogens with two attached hydrogens (primary N) is 1. The Morgan fingerprint density at radius 1 is 1.07 bits per heavy atom. The van der Waals surface area contributed by atoms with Crippen LogP contribution in [0, 0.1) is 0 Å². The third kappa shape index (κ3) is 4.74.